The Hall–Kier alpha value is -2.12. The van der Waals surface area contributed by atoms with Crippen LogP contribution in [0.15, 0.2) is 0 Å². The molecule has 0 radical (unpaired) electrons. The first kappa shape index (κ1) is 16.9. The number of amides is 1. The summed E-state index contributed by atoms with van der Waals surface area (Å²) in [6.45, 7) is 7.85. The number of nitrogens with one attached hydrogen (secondary N) is 3. The number of carbonyl (C=O) groups excluding carboxylic acids is 1. The molecule has 0 unspecified atom stereocenters. The molecule has 1 rings (SSSR count). The molecule has 21 heavy (non-hydrogen) atoms. The van der Waals surface area contributed by atoms with Gasteiger partial charge in [0.25, 0.3) is 0 Å². The summed E-state index contributed by atoms with van der Waals surface area (Å²) < 4.78 is 5.48. The number of carbonyl (C=O) groups is 1. The Morgan fingerprint density at radius 3 is 2.33 bits per heavy atom. The van der Waals surface area contributed by atoms with Crippen molar-refractivity contribution in [2.75, 3.05) is 31.3 Å². The first-order valence-corrected chi connectivity index (χ1v) is 6.85. The van der Waals surface area contributed by atoms with Gasteiger partial charge in [-0.3, -0.25) is 4.79 Å². The van der Waals surface area contributed by atoms with Crippen molar-refractivity contribution in [1.29, 1.82) is 0 Å². The van der Waals surface area contributed by atoms with Gasteiger partial charge in [-0.15, -0.1) is 0 Å². The lowest BCUT2D eigenvalue weighted by atomic mass is 9.92. The van der Waals surface area contributed by atoms with Gasteiger partial charge in [0.1, 0.15) is 0 Å². The molecule has 0 saturated heterocycles. The Morgan fingerprint density at radius 2 is 1.81 bits per heavy atom. The van der Waals surface area contributed by atoms with Gasteiger partial charge in [0.15, 0.2) is 0 Å². The molecular formula is C13H24N6O2. The maximum absolute atomic E-state index is 11.7. The third kappa shape index (κ3) is 5.05. The fraction of sp³-hybridized carbons (Fsp3) is 0.692. The van der Waals surface area contributed by atoms with E-state index in [2.05, 4.69) is 30.9 Å². The third-order valence-electron chi connectivity index (χ3n) is 2.71. The van der Waals surface area contributed by atoms with E-state index < -0.39 is 5.41 Å². The van der Waals surface area contributed by atoms with Crippen molar-refractivity contribution >= 4 is 17.8 Å². The standard InChI is InChI=1S/C13H24N6O2/c1-8(2)21-12-18-10(15-6)17-11(19-12)16-7-13(3,4)9(20)14-5/h8H,7H2,1-6H3,(H,14,20)(H2,15,16,17,18,19). The molecule has 118 valence electrons. The van der Waals surface area contributed by atoms with Crippen LogP contribution in [-0.2, 0) is 4.79 Å². The molecule has 1 amide bonds. The highest BCUT2D eigenvalue weighted by atomic mass is 16.5. The van der Waals surface area contributed by atoms with Gasteiger partial charge in [0, 0.05) is 20.6 Å². The van der Waals surface area contributed by atoms with Crippen molar-refractivity contribution < 1.29 is 9.53 Å². The SMILES string of the molecule is CNC(=O)C(C)(C)CNc1nc(NC)nc(OC(C)C)n1. The van der Waals surface area contributed by atoms with Gasteiger partial charge in [-0.2, -0.15) is 15.0 Å². The van der Waals surface area contributed by atoms with Crippen LogP contribution in [0.3, 0.4) is 0 Å². The number of aromatic nitrogens is 3. The van der Waals surface area contributed by atoms with Gasteiger partial charge in [-0.25, -0.2) is 0 Å². The fourth-order valence-electron chi connectivity index (χ4n) is 1.53. The van der Waals surface area contributed by atoms with Crippen LogP contribution in [0.4, 0.5) is 11.9 Å². The van der Waals surface area contributed by atoms with Crippen molar-refractivity contribution in [3.63, 3.8) is 0 Å². The summed E-state index contributed by atoms with van der Waals surface area (Å²) in [6.07, 6.45) is -0.0349. The Morgan fingerprint density at radius 1 is 1.19 bits per heavy atom. The second-order valence-electron chi connectivity index (χ2n) is 5.50. The smallest absolute Gasteiger partial charge is 0.323 e. The van der Waals surface area contributed by atoms with Crippen LogP contribution in [0.5, 0.6) is 6.01 Å². The van der Waals surface area contributed by atoms with Gasteiger partial charge in [0.05, 0.1) is 11.5 Å². The molecule has 0 bridgehead atoms. The molecule has 8 nitrogen and oxygen atoms in total. The van der Waals surface area contributed by atoms with E-state index in [0.717, 1.165) is 0 Å². The van der Waals surface area contributed by atoms with E-state index in [0.29, 0.717) is 18.4 Å². The number of anilines is 2. The Bertz CT molecular complexity index is 490. The molecule has 0 aliphatic heterocycles. The number of hydrogen-bond donors (Lipinski definition) is 3. The van der Waals surface area contributed by atoms with Crippen molar-refractivity contribution in [2.24, 2.45) is 5.41 Å². The quantitative estimate of drug-likeness (QED) is 0.686. The average molecular weight is 296 g/mol. The van der Waals surface area contributed by atoms with Crippen LogP contribution < -0.4 is 20.7 Å². The first-order valence-electron chi connectivity index (χ1n) is 6.85. The maximum atomic E-state index is 11.7. The van der Waals surface area contributed by atoms with Gasteiger partial charge in [-0.1, -0.05) is 0 Å². The Kier molecular flexibility index (Phi) is 5.69. The molecule has 8 heteroatoms. The zero-order valence-corrected chi connectivity index (χ0v) is 13.4. The van der Waals surface area contributed by atoms with E-state index >= 15 is 0 Å². The molecule has 0 aromatic carbocycles. The molecule has 0 saturated carbocycles. The predicted octanol–water partition coefficient (Wildman–Crippen LogP) is 0.885. The summed E-state index contributed by atoms with van der Waals surface area (Å²) in [4.78, 5) is 24.2. The summed E-state index contributed by atoms with van der Waals surface area (Å²) >= 11 is 0. The highest BCUT2D eigenvalue weighted by Crippen LogP contribution is 2.17. The van der Waals surface area contributed by atoms with Crippen LogP contribution in [0.1, 0.15) is 27.7 Å². The van der Waals surface area contributed by atoms with Crippen LogP contribution in [0.2, 0.25) is 0 Å². The number of ether oxygens (including phenoxy) is 1. The molecule has 0 aliphatic carbocycles. The molecule has 0 aliphatic rings. The monoisotopic (exact) mass is 296 g/mol. The first-order chi connectivity index (χ1) is 9.78. The van der Waals surface area contributed by atoms with Crippen molar-refractivity contribution in [3.05, 3.63) is 0 Å². The lowest BCUT2D eigenvalue weighted by Gasteiger charge is -2.22. The van der Waals surface area contributed by atoms with Crippen LogP contribution in [0.25, 0.3) is 0 Å². The Balaban J connectivity index is 2.85. The van der Waals surface area contributed by atoms with E-state index in [9.17, 15) is 4.79 Å². The van der Waals surface area contributed by atoms with Gasteiger partial charge < -0.3 is 20.7 Å². The average Bonchev–Trinajstić information content (AvgIpc) is 2.43. The van der Waals surface area contributed by atoms with Crippen molar-refractivity contribution in [2.45, 2.75) is 33.8 Å². The minimum absolute atomic E-state index is 0.0349. The number of rotatable bonds is 7. The van der Waals surface area contributed by atoms with Gasteiger partial charge >= 0.3 is 6.01 Å². The van der Waals surface area contributed by atoms with E-state index in [-0.39, 0.29) is 18.0 Å². The second kappa shape index (κ2) is 7.05. The summed E-state index contributed by atoms with van der Waals surface area (Å²) in [5, 5.41) is 8.53. The van der Waals surface area contributed by atoms with E-state index in [1.54, 1.807) is 14.1 Å². The van der Waals surface area contributed by atoms with Crippen LogP contribution >= 0.6 is 0 Å². The van der Waals surface area contributed by atoms with E-state index in [4.69, 9.17) is 4.74 Å². The summed E-state index contributed by atoms with van der Waals surface area (Å²) in [5.41, 5.74) is -0.583. The topological polar surface area (TPSA) is 101 Å². The number of nitrogens with zero attached hydrogens (tertiary/aromatic N) is 3. The normalized spacial score (nSPS) is 11.2. The van der Waals surface area contributed by atoms with Gasteiger partial charge in [0.2, 0.25) is 17.8 Å². The summed E-state index contributed by atoms with van der Waals surface area (Å²) in [6, 6.07) is 0.240. The maximum Gasteiger partial charge on any atom is 0.323 e. The van der Waals surface area contributed by atoms with Crippen LogP contribution in [0, 0.1) is 5.41 Å². The van der Waals surface area contributed by atoms with Crippen molar-refractivity contribution in [3.8, 4) is 6.01 Å². The van der Waals surface area contributed by atoms with Crippen molar-refractivity contribution in [1.82, 2.24) is 20.3 Å². The summed E-state index contributed by atoms with van der Waals surface area (Å²) in [7, 11) is 3.33. The minimum atomic E-state index is -0.583. The molecule has 0 atom stereocenters. The largest absolute Gasteiger partial charge is 0.461 e. The second-order valence-corrected chi connectivity index (χ2v) is 5.50. The predicted molar refractivity (Wildman–Crippen MR) is 81.5 cm³/mol. The molecular weight excluding hydrogens is 272 g/mol. The highest BCUT2D eigenvalue weighted by Gasteiger charge is 2.26. The lowest BCUT2D eigenvalue weighted by Crippen LogP contribution is -2.39. The van der Waals surface area contributed by atoms with Crippen LogP contribution in [-0.4, -0.2) is 47.6 Å². The molecule has 1 aromatic heterocycles. The third-order valence-corrected chi connectivity index (χ3v) is 2.71. The Labute approximate surface area is 125 Å². The van der Waals surface area contributed by atoms with E-state index in [1.165, 1.54) is 0 Å². The zero-order valence-electron chi connectivity index (χ0n) is 13.4. The summed E-state index contributed by atoms with van der Waals surface area (Å²) in [5.74, 6) is 0.708. The highest BCUT2D eigenvalue weighted by molar-refractivity contribution is 5.82. The number of hydrogen-bond acceptors (Lipinski definition) is 7. The minimum Gasteiger partial charge on any atom is -0.461 e. The fourth-order valence-corrected chi connectivity index (χ4v) is 1.53. The van der Waals surface area contributed by atoms with E-state index in [1.807, 2.05) is 27.7 Å². The molecule has 0 fully saturated rings. The zero-order chi connectivity index (χ0) is 16.0. The molecule has 0 spiro atoms. The molecule has 3 N–H and O–H groups in total. The van der Waals surface area contributed by atoms with Gasteiger partial charge in [-0.05, 0) is 27.7 Å². The lowest BCUT2D eigenvalue weighted by molar-refractivity contribution is -0.128. The molecule has 1 heterocycles. The molecule has 1 aromatic rings.